The predicted molar refractivity (Wildman–Crippen MR) is 67.0 cm³/mol. The molecule has 2 fully saturated rings. The van der Waals surface area contributed by atoms with Gasteiger partial charge in [-0.3, -0.25) is 4.90 Å². The SMILES string of the molecule is NCC(N)N1CCCCC1C1CCCCN1. The zero-order chi connectivity index (χ0) is 11.4. The molecule has 2 aliphatic rings. The number of piperidine rings is 2. The van der Waals surface area contributed by atoms with E-state index in [-0.39, 0.29) is 6.17 Å². The van der Waals surface area contributed by atoms with Crippen LogP contribution in [0, 0.1) is 0 Å². The van der Waals surface area contributed by atoms with Gasteiger partial charge in [0.2, 0.25) is 0 Å². The lowest BCUT2D eigenvalue weighted by Gasteiger charge is -2.44. The van der Waals surface area contributed by atoms with Crippen LogP contribution in [0.15, 0.2) is 0 Å². The van der Waals surface area contributed by atoms with E-state index in [0.29, 0.717) is 18.6 Å². The zero-order valence-corrected chi connectivity index (χ0v) is 10.2. The molecule has 0 aromatic rings. The Morgan fingerprint density at radius 2 is 2.00 bits per heavy atom. The van der Waals surface area contributed by atoms with E-state index in [1.807, 2.05) is 0 Å². The fourth-order valence-electron chi connectivity index (χ4n) is 3.17. The van der Waals surface area contributed by atoms with Crippen LogP contribution in [0.1, 0.15) is 38.5 Å². The average molecular weight is 226 g/mol. The maximum Gasteiger partial charge on any atom is 0.0701 e. The zero-order valence-electron chi connectivity index (χ0n) is 10.2. The minimum atomic E-state index is 0.0500. The highest BCUT2D eigenvalue weighted by atomic mass is 15.3. The summed E-state index contributed by atoms with van der Waals surface area (Å²) in [7, 11) is 0. The van der Waals surface area contributed by atoms with Crippen LogP contribution in [0.2, 0.25) is 0 Å². The smallest absolute Gasteiger partial charge is 0.0701 e. The average Bonchev–Trinajstić information content (AvgIpc) is 2.39. The molecule has 0 aromatic heterocycles. The van der Waals surface area contributed by atoms with Gasteiger partial charge in [0.25, 0.3) is 0 Å². The van der Waals surface area contributed by atoms with Crippen LogP contribution < -0.4 is 16.8 Å². The number of nitrogens with zero attached hydrogens (tertiary/aromatic N) is 1. The third-order valence-corrected chi connectivity index (χ3v) is 4.07. The molecular formula is C12H26N4. The summed E-state index contributed by atoms with van der Waals surface area (Å²) >= 11 is 0. The van der Waals surface area contributed by atoms with Gasteiger partial charge in [-0.1, -0.05) is 12.8 Å². The van der Waals surface area contributed by atoms with E-state index in [9.17, 15) is 0 Å². The van der Waals surface area contributed by atoms with Gasteiger partial charge in [-0.2, -0.15) is 0 Å². The molecule has 0 bridgehead atoms. The van der Waals surface area contributed by atoms with Crippen molar-refractivity contribution in [3.05, 3.63) is 0 Å². The van der Waals surface area contributed by atoms with Gasteiger partial charge in [0, 0.05) is 25.2 Å². The van der Waals surface area contributed by atoms with Crippen molar-refractivity contribution >= 4 is 0 Å². The van der Waals surface area contributed by atoms with Gasteiger partial charge in [0.1, 0.15) is 0 Å². The van der Waals surface area contributed by atoms with Gasteiger partial charge in [-0.15, -0.1) is 0 Å². The van der Waals surface area contributed by atoms with Crippen LogP contribution in [0.4, 0.5) is 0 Å². The van der Waals surface area contributed by atoms with Gasteiger partial charge in [0.05, 0.1) is 6.17 Å². The first-order valence-electron chi connectivity index (χ1n) is 6.77. The molecule has 0 saturated carbocycles. The van der Waals surface area contributed by atoms with Crippen LogP contribution in [-0.4, -0.2) is 42.8 Å². The molecule has 0 aliphatic carbocycles. The maximum atomic E-state index is 6.12. The topological polar surface area (TPSA) is 67.3 Å². The third-order valence-electron chi connectivity index (χ3n) is 4.07. The molecule has 4 nitrogen and oxygen atoms in total. The Morgan fingerprint density at radius 1 is 1.19 bits per heavy atom. The second-order valence-electron chi connectivity index (χ2n) is 5.16. The van der Waals surface area contributed by atoms with Crippen molar-refractivity contribution in [3.8, 4) is 0 Å². The Hall–Kier alpha value is -0.160. The van der Waals surface area contributed by atoms with E-state index < -0.39 is 0 Å². The Balaban J connectivity index is 1.97. The van der Waals surface area contributed by atoms with Crippen molar-refractivity contribution in [1.82, 2.24) is 10.2 Å². The summed E-state index contributed by atoms with van der Waals surface area (Å²) < 4.78 is 0. The molecule has 0 aromatic carbocycles. The van der Waals surface area contributed by atoms with Gasteiger partial charge < -0.3 is 16.8 Å². The van der Waals surface area contributed by atoms with Crippen LogP contribution in [0.3, 0.4) is 0 Å². The number of hydrogen-bond donors (Lipinski definition) is 3. The van der Waals surface area contributed by atoms with Crippen molar-refractivity contribution in [1.29, 1.82) is 0 Å². The summed E-state index contributed by atoms with van der Waals surface area (Å²) in [6.07, 6.45) is 7.94. The minimum absolute atomic E-state index is 0.0500. The lowest BCUT2D eigenvalue weighted by molar-refractivity contribution is 0.0665. The fraction of sp³-hybridized carbons (Fsp3) is 1.00. The first kappa shape index (κ1) is 12.3. The lowest BCUT2D eigenvalue weighted by Crippen LogP contribution is -2.60. The van der Waals surface area contributed by atoms with Gasteiger partial charge in [0.15, 0.2) is 0 Å². The molecule has 5 N–H and O–H groups in total. The van der Waals surface area contributed by atoms with E-state index in [1.54, 1.807) is 0 Å². The summed E-state index contributed by atoms with van der Waals surface area (Å²) in [6.45, 7) is 2.87. The number of nitrogens with one attached hydrogen (secondary N) is 1. The van der Waals surface area contributed by atoms with E-state index in [1.165, 1.54) is 45.1 Å². The quantitative estimate of drug-likeness (QED) is 0.644. The van der Waals surface area contributed by atoms with Crippen molar-refractivity contribution in [2.45, 2.75) is 56.8 Å². The molecule has 2 aliphatic heterocycles. The number of nitrogens with two attached hydrogens (primary N) is 2. The van der Waals surface area contributed by atoms with E-state index >= 15 is 0 Å². The van der Waals surface area contributed by atoms with Crippen molar-refractivity contribution in [2.24, 2.45) is 11.5 Å². The predicted octanol–water partition coefficient (Wildman–Crippen LogP) is 0.227. The Morgan fingerprint density at radius 3 is 2.69 bits per heavy atom. The van der Waals surface area contributed by atoms with Crippen LogP contribution >= 0.6 is 0 Å². The monoisotopic (exact) mass is 226 g/mol. The molecule has 0 spiro atoms. The Bertz CT molecular complexity index is 203. The molecule has 0 amide bonds. The molecule has 4 heteroatoms. The molecule has 2 rings (SSSR count). The second-order valence-corrected chi connectivity index (χ2v) is 5.16. The summed E-state index contributed by atoms with van der Waals surface area (Å²) in [5.41, 5.74) is 11.8. The number of rotatable bonds is 3. The molecule has 94 valence electrons. The summed E-state index contributed by atoms with van der Waals surface area (Å²) in [6, 6.07) is 1.26. The molecule has 3 atom stereocenters. The standard InChI is InChI=1S/C12H26N4/c13-9-12(14)16-8-4-2-6-11(16)10-5-1-3-7-15-10/h10-12,15H,1-9,13-14H2. The number of likely N-dealkylation sites (tertiary alicyclic amines) is 1. The lowest BCUT2D eigenvalue weighted by atomic mass is 9.90. The molecule has 16 heavy (non-hydrogen) atoms. The summed E-state index contributed by atoms with van der Waals surface area (Å²) in [5.74, 6) is 0. The van der Waals surface area contributed by atoms with Crippen molar-refractivity contribution in [3.63, 3.8) is 0 Å². The maximum absolute atomic E-state index is 6.12. The third kappa shape index (κ3) is 2.74. The largest absolute Gasteiger partial charge is 0.328 e. The first-order valence-corrected chi connectivity index (χ1v) is 6.77. The molecule has 0 radical (unpaired) electrons. The van der Waals surface area contributed by atoms with Crippen LogP contribution in [-0.2, 0) is 0 Å². The first-order chi connectivity index (χ1) is 7.83. The molecule has 2 heterocycles. The molecule has 3 unspecified atom stereocenters. The van der Waals surface area contributed by atoms with Crippen molar-refractivity contribution < 1.29 is 0 Å². The fourth-order valence-corrected chi connectivity index (χ4v) is 3.17. The second kappa shape index (κ2) is 5.96. The van der Waals surface area contributed by atoms with E-state index in [0.717, 1.165) is 6.54 Å². The highest BCUT2D eigenvalue weighted by Gasteiger charge is 2.32. The highest BCUT2D eigenvalue weighted by Crippen LogP contribution is 2.24. The van der Waals surface area contributed by atoms with Crippen LogP contribution in [0.25, 0.3) is 0 Å². The van der Waals surface area contributed by atoms with E-state index in [2.05, 4.69) is 10.2 Å². The van der Waals surface area contributed by atoms with Gasteiger partial charge in [-0.05, 0) is 32.2 Å². The summed E-state index contributed by atoms with van der Waals surface area (Å²) in [4.78, 5) is 2.44. The Labute approximate surface area is 98.7 Å². The molecular weight excluding hydrogens is 200 g/mol. The molecule has 2 saturated heterocycles. The van der Waals surface area contributed by atoms with Crippen molar-refractivity contribution in [2.75, 3.05) is 19.6 Å². The van der Waals surface area contributed by atoms with Crippen LogP contribution in [0.5, 0.6) is 0 Å². The normalized spacial score (nSPS) is 34.9. The minimum Gasteiger partial charge on any atom is -0.328 e. The highest BCUT2D eigenvalue weighted by molar-refractivity contribution is 4.91. The Kier molecular flexibility index (Phi) is 4.58. The van der Waals surface area contributed by atoms with Gasteiger partial charge in [-0.25, -0.2) is 0 Å². The van der Waals surface area contributed by atoms with E-state index in [4.69, 9.17) is 11.5 Å². The summed E-state index contributed by atoms with van der Waals surface area (Å²) in [5, 5.41) is 3.66. The van der Waals surface area contributed by atoms with Gasteiger partial charge >= 0.3 is 0 Å². The number of hydrogen-bond acceptors (Lipinski definition) is 4.